The maximum atomic E-state index is 11.9. The predicted molar refractivity (Wildman–Crippen MR) is 78.2 cm³/mol. The Morgan fingerprint density at radius 1 is 1.26 bits per heavy atom. The number of nitrogens with zero attached hydrogens (tertiary/aromatic N) is 1. The second-order valence-electron chi connectivity index (χ2n) is 5.39. The minimum absolute atomic E-state index is 0.0880. The molecule has 2 N–H and O–H groups in total. The Bertz CT molecular complexity index is 397. The Morgan fingerprint density at radius 3 is 2.53 bits per heavy atom. The molecule has 0 radical (unpaired) electrons. The highest BCUT2D eigenvalue weighted by Gasteiger charge is 2.20. The number of anilines is 1. The maximum absolute atomic E-state index is 11.9. The van der Waals surface area contributed by atoms with Gasteiger partial charge >= 0.3 is 0 Å². The van der Waals surface area contributed by atoms with Crippen LogP contribution in [0.25, 0.3) is 0 Å². The number of amides is 1. The molecule has 4 nitrogen and oxygen atoms in total. The van der Waals surface area contributed by atoms with Crippen molar-refractivity contribution in [2.75, 3.05) is 25.0 Å². The summed E-state index contributed by atoms with van der Waals surface area (Å²) in [4.78, 5) is 14.2. The van der Waals surface area contributed by atoms with Gasteiger partial charge in [-0.15, -0.1) is 0 Å². The van der Waals surface area contributed by atoms with Crippen LogP contribution in [0.1, 0.15) is 20.3 Å². The number of carbonyl (C=O) groups excluding carboxylic acids is 1. The van der Waals surface area contributed by atoms with Gasteiger partial charge in [-0.05, 0) is 26.0 Å². The lowest BCUT2D eigenvalue weighted by Gasteiger charge is -2.35. The summed E-state index contributed by atoms with van der Waals surface area (Å²) in [5.74, 6) is 0.0880. The summed E-state index contributed by atoms with van der Waals surface area (Å²) in [5.41, 5.74) is 0.870. The summed E-state index contributed by atoms with van der Waals surface area (Å²) < 4.78 is 0. The summed E-state index contributed by atoms with van der Waals surface area (Å²) >= 11 is 0. The van der Waals surface area contributed by atoms with Gasteiger partial charge < -0.3 is 10.6 Å². The van der Waals surface area contributed by atoms with E-state index in [0.29, 0.717) is 18.5 Å². The summed E-state index contributed by atoms with van der Waals surface area (Å²) in [6.45, 7) is 7.24. The van der Waals surface area contributed by atoms with Crippen LogP contribution in [0.15, 0.2) is 30.3 Å². The molecule has 19 heavy (non-hydrogen) atoms. The molecule has 1 aromatic carbocycles. The second-order valence-corrected chi connectivity index (χ2v) is 5.39. The van der Waals surface area contributed by atoms with Crippen LogP contribution in [0, 0.1) is 0 Å². The highest BCUT2D eigenvalue weighted by molar-refractivity contribution is 5.90. The molecule has 2 atom stereocenters. The number of para-hydroxylation sites is 1. The average molecular weight is 261 g/mol. The SMILES string of the molecule is CC1CN(CCC(=O)Nc2ccccc2)CC(C)N1. The molecular weight excluding hydrogens is 238 g/mol. The fourth-order valence-electron chi connectivity index (χ4n) is 2.63. The van der Waals surface area contributed by atoms with Gasteiger partial charge in [-0.3, -0.25) is 9.69 Å². The molecular formula is C15H23N3O. The predicted octanol–water partition coefficient (Wildman–Crippen LogP) is 1.70. The number of benzene rings is 1. The topological polar surface area (TPSA) is 44.4 Å². The number of piperazine rings is 1. The Hall–Kier alpha value is -1.39. The molecule has 1 amide bonds. The molecule has 0 aliphatic carbocycles. The normalized spacial score (nSPS) is 24.1. The van der Waals surface area contributed by atoms with E-state index in [1.807, 2.05) is 30.3 Å². The average Bonchev–Trinajstić information content (AvgIpc) is 2.36. The van der Waals surface area contributed by atoms with Crippen LogP contribution in [0.2, 0.25) is 0 Å². The van der Waals surface area contributed by atoms with Crippen molar-refractivity contribution in [1.82, 2.24) is 10.2 Å². The molecule has 4 heteroatoms. The first-order chi connectivity index (χ1) is 9.13. The van der Waals surface area contributed by atoms with Crippen LogP contribution < -0.4 is 10.6 Å². The molecule has 1 aromatic rings. The molecule has 0 aromatic heterocycles. The quantitative estimate of drug-likeness (QED) is 0.867. The zero-order chi connectivity index (χ0) is 13.7. The summed E-state index contributed by atoms with van der Waals surface area (Å²) in [6.07, 6.45) is 0.550. The van der Waals surface area contributed by atoms with Crippen LogP contribution in [-0.2, 0) is 4.79 Å². The molecule has 1 aliphatic rings. The Labute approximate surface area is 115 Å². The van der Waals surface area contributed by atoms with Crippen molar-refractivity contribution >= 4 is 11.6 Å². The number of carbonyl (C=O) groups is 1. The fourth-order valence-corrected chi connectivity index (χ4v) is 2.63. The first kappa shape index (κ1) is 14.0. The third-order valence-corrected chi connectivity index (χ3v) is 3.35. The third kappa shape index (κ3) is 4.65. The summed E-state index contributed by atoms with van der Waals surface area (Å²) in [7, 11) is 0. The van der Waals surface area contributed by atoms with Crippen molar-refractivity contribution in [2.24, 2.45) is 0 Å². The molecule has 1 saturated heterocycles. The highest BCUT2D eigenvalue weighted by Crippen LogP contribution is 2.07. The molecule has 0 saturated carbocycles. The van der Waals surface area contributed by atoms with Gasteiger partial charge in [-0.1, -0.05) is 18.2 Å². The van der Waals surface area contributed by atoms with Gasteiger partial charge in [0.25, 0.3) is 0 Å². The Balaban J connectivity index is 1.74. The van der Waals surface area contributed by atoms with E-state index in [4.69, 9.17) is 0 Å². The fraction of sp³-hybridized carbons (Fsp3) is 0.533. The molecule has 0 spiro atoms. The van der Waals surface area contributed by atoms with Gasteiger partial charge in [-0.25, -0.2) is 0 Å². The molecule has 0 bridgehead atoms. The van der Waals surface area contributed by atoms with Crippen LogP contribution in [-0.4, -0.2) is 42.5 Å². The zero-order valence-corrected chi connectivity index (χ0v) is 11.7. The molecule has 104 valence electrons. The third-order valence-electron chi connectivity index (χ3n) is 3.35. The van der Waals surface area contributed by atoms with E-state index in [1.54, 1.807) is 0 Å². The van der Waals surface area contributed by atoms with Gasteiger partial charge in [0.05, 0.1) is 0 Å². The van der Waals surface area contributed by atoms with Gasteiger partial charge in [0, 0.05) is 43.8 Å². The molecule has 1 aliphatic heterocycles. The van der Waals surface area contributed by atoms with Crippen LogP contribution >= 0.6 is 0 Å². The lowest BCUT2D eigenvalue weighted by atomic mass is 10.1. The van der Waals surface area contributed by atoms with Gasteiger partial charge in [0.1, 0.15) is 0 Å². The summed E-state index contributed by atoms with van der Waals surface area (Å²) in [5, 5.41) is 6.42. The number of nitrogens with one attached hydrogen (secondary N) is 2. The van der Waals surface area contributed by atoms with E-state index >= 15 is 0 Å². The first-order valence-corrected chi connectivity index (χ1v) is 6.97. The summed E-state index contributed by atoms with van der Waals surface area (Å²) in [6, 6.07) is 10.6. The van der Waals surface area contributed by atoms with E-state index < -0.39 is 0 Å². The van der Waals surface area contributed by atoms with Gasteiger partial charge in [0.2, 0.25) is 5.91 Å². The molecule has 1 fully saturated rings. The molecule has 2 rings (SSSR count). The highest BCUT2D eigenvalue weighted by atomic mass is 16.1. The van der Waals surface area contributed by atoms with Crippen molar-refractivity contribution in [3.63, 3.8) is 0 Å². The maximum Gasteiger partial charge on any atom is 0.225 e. The standard InChI is InChI=1S/C15H23N3O/c1-12-10-18(11-13(2)16-12)9-8-15(19)17-14-6-4-3-5-7-14/h3-7,12-13,16H,8-11H2,1-2H3,(H,17,19). The smallest absolute Gasteiger partial charge is 0.225 e. The van der Waals surface area contributed by atoms with E-state index in [-0.39, 0.29) is 5.91 Å². The Kier molecular flexibility index (Phi) is 4.93. The molecule has 2 unspecified atom stereocenters. The first-order valence-electron chi connectivity index (χ1n) is 6.97. The van der Waals surface area contributed by atoms with Crippen molar-refractivity contribution in [3.05, 3.63) is 30.3 Å². The number of rotatable bonds is 4. The van der Waals surface area contributed by atoms with Crippen molar-refractivity contribution < 1.29 is 4.79 Å². The van der Waals surface area contributed by atoms with E-state index in [2.05, 4.69) is 29.4 Å². The van der Waals surface area contributed by atoms with E-state index in [9.17, 15) is 4.79 Å². The second kappa shape index (κ2) is 6.68. The lowest BCUT2D eigenvalue weighted by molar-refractivity contribution is -0.116. The van der Waals surface area contributed by atoms with Gasteiger partial charge in [-0.2, -0.15) is 0 Å². The monoisotopic (exact) mass is 261 g/mol. The van der Waals surface area contributed by atoms with Crippen molar-refractivity contribution in [2.45, 2.75) is 32.4 Å². The van der Waals surface area contributed by atoms with Crippen molar-refractivity contribution in [1.29, 1.82) is 0 Å². The van der Waals surface area contributed by atoms with Crippen LogP contribution in [0.5, 0.6) is 0 Å². The van der Waals surface area contributed by atoms with Crippen LogP contribution in [0.4, 0.5) is 5.69 Å². The number of hydrogen-bond acceptors (Lipinski definition) is 3. The zero-order valence-electron chi connectivity index (χ0n) is 11.7. The molecule has 1 heterocycles. The minimum Gasteiger partial charge on any atom is -0.326 e. The van der Waals surface area contributed by atoms with Gasteiger partial charge in [0.15, 0.2) is 0 Å². The minimum atomic E-state index is 0.0880. The van der Waals surface area contributed by atoms with Crippen LogP contribution in [0.3, 0.4) is 0 Å². The lowest BCUT2D eigenvalue weighted by Crippen LogP contribution is -2.54. The Morgan fingerprint density at radius 2 is 1.89 bits per heavy atom. The van der Waals surface area contributed by atoms with Crippen molar-refractivity contribution in [3.8, 4) is 0 Å². The van der Waals surface area contributed by atoms with E-state index in [0.717, 1.165) is 25.3 Å². The largest absolute Gasteiger partial charge is 0.326 e. The number of hydrogen-bond donors (Lipinski definition) is 2. The van der Waals surface area contributed by atoms with E-state index in [1.165, 1.54) is 0 Å².